The van der Waals surface area contributed by atoms with Crippen LogP contribution in [0.15, 0.2) is 48.8 Å². The van der Waals surface area contributed by atoms with E-state index in [9.17, 15) is 4.79 Å². The average Bonchev–Trinajstić information content (AvgIpc) is 3.16. The molecule has 8 nitrogen and oxygen atoms in total. The number of piperazine rings is 1. The second-order valence-corrected chi connectivity index (χ2v) is 6.82. The third-order valence-electron chi connectivity index (χ3n) is 4.93. The van der Waals surface area contributed by atoms with Crippen LogP contribution in [0.4, 0.5) is 10.7 Å². The Balaban J connectivity index is 1.52. The molecule has 0 N–H and O–H groups in total. The van der Waals surface area contributed by atoms with Crippen LogP contribution in [0.5, 0.6) is 0 Å². The van der Waals surface area contributed by atoms with Gasteiger partial charge in [-0.2, -0.15) is 5.10 Å². The van der Waals surface area contributed by atoms with Gasteiger partial charge in [-0.05, 0) is 32.0 Å². The molecule has 1 saturated heterocycles. The fraction of sp³-hybridized carbons (Fsp3) is 0.333. The summed E-state index contributed by atoms with van der Waals surface area (Å²) in [6, 6.07) is 11.9. The predicted molar refractivity (Wildman–Crippen MR) is 110 cm³/mol. The highest BCUT2D eigenvalue weighted by Crippen LogP contribution is 2.24. The van der Waals surface area contributed by atoms with Crippen LogP contribution < -0.4 is 4.90 Å². The van der Waals surface area contributed by atoms with Gasteiger partial charge in [-0.1, -0.05) is 18.2 Å². The lowest BCUT2D eigenvalue weighted by atomic mass is 10.2. The fourth-order valence-corrected chi connectivity index (χ4v) is 3.38. The van der Waals surface area contributed by atoms with Crippen LogP contribution in [0.2, 0.25) is 0 Å². The summed E-state index contributed by atoms with van der Waals surface area (Å²) in [7, 11) is 0. The number of aryl methyl sites for hydroxylation is 1. The van der Waals surface area contributed by atoms with Crippen molar-refractivity contribution in [2.75, 3.05) is 37.7 Å². The number of anilines is 1. The molecule has 1 aliphatic heterocycles. The second-order valence-electron chi connectivity index (χ2n) is 6.82. The quantitative estimate of drug-likeness (QED) is 0.680. The molecule has 1 fully saturated rings. The molecule has 1 aliphatic rings. The Morgan fingerprint density at radius 2 is 1.86 bits per heavy atom. The Morgan fingerprint density at radius 1 is 1.10 bits per heavy atom. The van der Waals surface area contributed by atoms with Gasteiger partial charge in [0.25, 0.3) is 0 Å². The molecular weight excluding hydrogens is 368 g/mol. The molecule has 0 unspecified atom stereocenters. The molecule has 1 aromatic carbocycles. The molecule has 8 heteroatoms. The van der Waals surface area contributed by atoms with Crippen molar-refractivity contribution >= 4 is 12.0 Å². The van der Waals surface area contributed by atoms with Gasteiger partial charge < -0.3 is 14.5 Å². The van der Waals surface area contributed by atoms with Gasteiger partial charge in [0.2, 0.25) is 5.95 Å². The van der Waals surface area contributed by atoms with Gasteiger partial charge in [0.15, 0.2) is 0 Å². The number of rotatable bonds is 4. The van der Waals surface area contributed by atoms with Crippen molar-refractivity contribution in [3.05, 3.63) is 54.5 Å². The summed E-state index contributed by atoms with van der Waals surface area (Å²) in [5, 5.41) is 4.63. The maximum absolute atomic E-state index is 11.9. The smallest absolute Gasteiger partial charge is 0.409 e. The molecule has 2 aromatic heterocycles. The molecule has 0 bridgehead atoms. The molecule has 150 valence electrons. The maximum Gasteiger partial charge on any atom is 0.409 e. The first kappa shape index (κ1) is 18.9. The first-order valence-electron chi connectivity index (χ1n) is 9.77. The zero-order valence-corrected chi connectivity index (χ0v) is 16.7. The van der Waals surface area contributed by atoms with Crippen LogP contribution in [-0.2, 0) is 4.74 Å². The Labute approximate surface area is 169 Å². The number of hydrogen-bond acceptors (Lipinski definition) is 6. The lowest BCUT2D eigenvalue weighted by molar-refractivity contribution is 0.105. The second kappa shape index (κ2) is 8.30. The van der Waals surface area contributed by atoms with Crippen LogP contribution in [0.25, 0.3) is 16.9 Å². The number of amides is 1. The third kappa shape index (κ3) is 4.06. The molecular formula is C21H24N6O2. The van der Waals surface area contributed by atoms with Gasteiger partial charge in [0, 0.05) is 44.1 Å². The number of hydrogen-bond donors (Lipinski definition) is 0. The fourth-order valence-electron chi connectivity index (χ4n) is 3.38. The van der Waals surface area contributed by atoms with E-state index < -0.39 is 0 Å². The van der Waals surface area contributed by atoms with Crippen molar-refractivity contribution in [3.8, 4) is 16.9 Å². The Morgan fingerprint density at radius 3 is 2.59 bits per heavy atom. The van der Waals surface area contributed by atoms with Crippen molar-refractivity contribution in [3.63, 3.8) is 0 Å². The summed E-state index contributed by atoms with van der Waals surface area (Å²) >= 11 is 0. The van der Waals surface area contributed by atoms with E-state index in [1.165, 1.54) is 0 Å². The van der Waals surface area contributed by atoms with Gasteiger partial charge in [0.1, 0.15) is 0 Å². The predicted octanol–water partition coefficient (Wildman–Crippen LogP) is 2.92. The molecule has 0 radical (unpaired) electrons. The Hall–Kier alpha value is -3.42. The third-order valence-corrected chi connectivity index (χ3v) is 4.93. The first-order chi connectivity index (χ1) is 14.2. The molecule has 0 atom stereocenters. The van der Waals surface area contributed by atoms with Crippen LogP contribution in [-0.4, -0.2) is 63.5 Å². The largest absolute Gasteiger partial charge is 0.450 e. The van der Waals surface area contributed by atoms with Crippen LogP contribution >= 0.6 is 0 Å². The average molecular weight is 392 g/mol. The van der Waals surface area contributed by atoms with Gasteiger partial charge in [-0.15, -0.1) is 0 Å². The highest BCUT2D eigenvalue weighted by atomic mass is 16.6. The van der Waals surface area contributed by atoms with E-state index in [1.807, 2.05) is 61.1 Å². The monoisotopic (exact) mass is 392 g/mol. The van der Waals surface area contributed by atoms with E-state index in [0.717, 1.165) is 22.6 Å². The van der Waals surface area contributed by atoms with Gasteiger partial charge >= 0.3 is 6.09 Å². The standard InChI is InChI=1S/C21H24N6O2/c1-3-29-21(28)26-13-11-25(12-14-26)20-22-10-9-19(23-20)18-15-27(24-16(18)2)17-7-5-4-6-8-17/h4-10,15H,3,11-14H2,1-2H3. The van der Waals surface area contributed by atoms with Gasteiger partial charge in [0.05, 0.1) is 23.7 Å². The molecule has 0 saturated carbocycles. The minimum Gasteiger partial charge on any atom is -0.450 e. The zero-order valence-electron chi connectivity index (χ0n) is 16.7. The minimum absolute atomic E-state index is 0.259. The first-order valence-corrected chi connectivity index (χ1v) is 9.77. The molecule has 3 aromatic rings. The minimum atomic E-state index is -0.259. The van der Waals surface area contributed by atoms with E-state index >= 15 is 0 Å². The highest BCUT2D eigenvalue weighted by molar-refractivity contribution is 5.68. The lowest BCUT2D eigenvalue weighted by Crippen LogP contribution is -2.49. The SMILES string of the molecule is CCOC(=O)N1CCN(c2nccc(-c3cn(-c4ccccc4)nc3C)n2)CC1. The number of benzene rings is 1. The molecule has 0 spiro atoms. The van der Waals surface area contributed by atoms with E-state index in [4.69, 9.17) is 9.72 Å². The van der Waals surface area contributed by atoms with Crippen molar-refractivity contribution in [1.82, 2.24) is 24.6 Å². The van der Waals surface area contributed by atoms with Crippen molar-refractivity contribution in [1.29, 1.82) is 0 Å². The normalized spacial score (nSPS) is 14.1. The number of carbonyl (C=O) groups excluding carboxylic acids is 1. The van der Waals surface area contributed by atoms with E-state index in [0.29, 0.717) is 38.7 Å². The highest BCUT2D eigenvalue weighted by Gasteiger charge is 2.23. The topological polar surface area (TPSA) is 76.4 Å². The summed E-state index contributed by atoms with van der Waals surface area (Å²) in [6.45, 7) is 6.72. The molecule has 0 aliphatic carbocycles. The maximum atomic E-state index is 11.9. The zero-order chi connectivity index (χ0) is 20.2. The number of para-hydroxylation sites is 1. The van der Waals surface area contributed by atoms with Crippen LogP contribution in [0.1, 0.15) is 12.6 Å². The Bertz CT molecular complexity index is 980. The molecule has 3 heterocycles. The lowest BCUT2D eigenvalue weighted by Gasteiger charge is -2.34. The summed E-state index contributed by atoms with van der Waals surface area (Å²) in [4.78, 5) is 24.9. The van der Waals surface area contributed by atoms with Crippen LogP contribution in [0.3, 0.4) is 0 Å². The summed E-state index contributed by atoms with van der Waals surface area (Å²) in [6.07, 6.45) is 3.51. The molecule has 4 rings (SSSR count). The van der Waals surface area contributed by atoms with Crippen LogP contribution in [0, 0.1) is 6.92 Å². The molecule has 29 heavy (non-hydrogen) atoms. The van der Waals surface area contributed by atoms with Crippen molar-refractivity contribution in [2.45, 2.75) is 13.8 Å². The van der Waals surface area contributed by atoms with Gasteiger partial charge in [-0.25, -0.2) is 19.4 Å². The van der Waals surface area contributed by atoms with Crippen molar-refractivity contribution < 1.29 is 9.53 Å². The summed E-state index contributed by atoms with van der Waals surface area (Å²) in [5.41, 5.74) is 3.72. The number of carbonyl (C=O) groups is 1. The number of ether oxygens (including phenoxy) is 1. The summed E-state index contributed by atoms with van der Waals surface area (Å²) < 4.78 is 6.94. The number of nitrogens with zero attached hydrogens (tertiary/aromatic N) is 6. The van der Waals surface area contributed by atoms with E-state index in [2.05, 4.69) is 15.0 Å². The van der Waals surface area contributed by atoms with Gasteiger partial charge in [-0.3, -0.25) is 0 Å². The molecule has 1 amide bonds. The van der Waals surface area contributed by atoms with E-state index in [1.54, 1.807) is 11.1 Å². The van der Waals surface area contributed by atoms with E-state index in [-0.39, 0.29) is 6.09 Å². The van der Waals surface area contributed by atoms with Crippen molar-refractivity contribution in [2.24, 2.45) is 0 Å². The Kier molecular flexibility index (Phi) is 5.41. The number of aromatic nitrogens is 4. The summed E-state index contributed by atoms with van der Waals surface area (Å²) in [5.74, 6) is 0.665.